The minimum atomic E-state index is 0. The van der Waals surface area contributed by atoms with Gasteiger partial charge in [-0.2, -0.15) is 0 Å². The zero-order chi connectivity index (χ0) is 16.7. The highest BCUT2D eigenvalue weighted by Crippen LogP contribution is 2.24. The molecule has 0 aromatic rings. The van der Waals surface area contributed by atoms with Gasteiger partial charge >= 0.3 is 0 Å². The Labute approximate surface area is 165 Å². The summed E-state index contributed by atoms with van der Waals surface area (Å²) in [5, 5.41) is 6.49. The maximum atomic E-state index is 12.1. The second-order valence-corrected chi connectivity index (χ2v) is 7.49. The molecule has 7 heteroatoms. The molecule has 0 aromatic carbocycles. The van der Waals surface area contributed by atoms with E-state index in [2.05, 4.69) is 36.3 Å². The molecule has 0 bridgehead atoms. The molecule has 2 rings (SSSR count). The van der Waals surface area contributed by atoms with Crippen molar-refractivity contribution < 1.29 is 9.53 Å². The fourth-order valence-corrected chi connectivity index (χ4v) is 3.94. The van der Waals surface area contributed by atoms with Crippen LogP contribution in [-0.2, 0) is 9.53 Å². The Morgan fingerprint density at radius 2 is 1.80 bits per heavy atom. The van der Waals surface area contributed by atoms with E-state index in [1.807, 2.05) is 0 Å². The highest BCUT2D eigenvalue weighted by molar-refractivity contribution is 5.85. The standard InChI is InChI=1S/C18H35N3O2.2ClH/c1-14(17-5-8-19-9-6-17)11-18(22)20-7-4-10-21-12-15(2)23-16(3)13-21;;/h14-17,19H,4-13H2,1-3H3,(H,20,22);2*1H. The summed E-state index contributed by atoms with van der Waals surface area (Å²) in [6.07, 6.45) is 4.76. The number of morpholine rings is 1. The molecule has 3 unspecified atom stereocenters. The Morgan fingerprint density at radius 1 is 1.20 bits per heavy atom. The van der Waals surface area contributed by atoms with Crippen molar-refractivity contribution >= 4 is 30.7 Å². The largest absolute Gasteiger partial charge is 0.373 e. The molecule has 2 aliphatic rings. The van der Waals surface area contributed by atoms with Crippen molar-refractivity contribution in [3.05, 3.63) is 0 Å². The first-order chi connectivity index (χ1) is 11.0. The third-order valence-electron chi connectivity index (χ3n) is 5.16. The van der Waals surface area contributed by atoms with Gasteiger partial charge in [-0.3, -0.25) is 9.69 Å². The highest BCUT2D eigenvalue weighted by Gasteiger charge is 2.23. The molecule has 25 heavy (non-hydrogen) atoms. The predicted octanol–water partition coefficient (Wildman–Crippen LogP) is 2.47. The lowest BCUT2D eigenvalue weighted by atomic mass is 9.84. The van der Waals surface area contributed by atoms with E-state index in [4.69, 9.17) is 4.74 Å². The average molecular weight is 398 g/mol. The molecule has 0 aliphatic carbocycles. The van der Waals surface area contributed by atoms with Crippen LogP contribution in [0, 0.1) is 11.8 Å². The number of rotatable bonds is 7. The Bertz CT molecular complexity index is 358. The lowest BCUT2D eigenvalue weighted by Gasteiger charge is -2.35. The van der Waals surface area contributed by atoms with E-state index >= 15 is 0 Å². The summed E-state index contributed by atoms with van der Waals surface area (Å²) in [6, 6.07) is 0. The topological polar surface area (TPSA) is 53.6 Å². The molecule has 2 heterocycles. The van der Waals surface area contributed by atoms with Crippen LogP contribution < -0.4 is 10.6 Å². The van der Waals surface area contributed by atoms with E-state index in [0.29, 0.717) is 30.5 Å². The van der Waals surface area contributed by atoms with Gasteiger partial charge in [0.25, 0.3) is 0 Å². The smallest absolute Gasteiger partial charge is 0.220 e. The molecule has 2 fully saturated rings. The molecule has 150 valence electrons. The molecular formula is C18H37Cl2N3O2. The summed E-state index contributed by atoms with van der Waals surface area (Å²) in [6.45, 7) is 12.5. The van der Waals surface area contributed by atoms with Gasteiger partial charge in [-0.1, -0.05) is 6.92 Å². The van der Waals surface area contributed by atoms with Gasteiger partial charge in [-0.15, -0.1) is 24.8 Å². The number of nitrogens with one attached hydrogen (secondary N) is 2. The number of piperidine rings is 1. The maximum absolute atomic E-state index is 12.1. The van der Waals surface area contributed by atoms with Gasteiger partial charge in [0.15, 0.2) is 0 Å². The van der Waals surface area contributed by atoms with Crippen LogP contribution in [0.5, 0.6) is 0 Å². The van der Waals surface area contributed by atoms with Crippen LogP contribution >= 0.6 is 24.8 Å². The summed E-state index contributed by atoms with van der Waals surface area (Å²) in [4.78, 5) is 14.5. The first kappa shape index (κ1) is 24.9. The second kappa shape index (κ2) is 13.2. The molecule has 2 saturated heterocycles. The van der Waals surface area contributed by atoms with Crippen LogP contribution in [0.3, 0.4) is 0 Å². The third-order valence-corrected chi connectivity index (χ3v) is 5.16. The zero-order valence-corrected chi connectivity index (χ0v) is 17.6. The van der Waals surface area contributed by atoms with Crippen molar-refractivity contribution in [2.24, 2.45) is 11.8 Å². The van der Waals surface area contributed by atoms with Gasteiger partial charge in [0, 0.05) is 32.6 Å². The Hall–Kier alpha value is -0.0700. The number of halogens is 2. The molecule has 0 aromatic heterocycles. The zero-order valence-electron chi connectivity index (χ0n) is 16.0. The van der Waals surface area contributed by atoms with Crippen LogP contribution in [-0.4, -0.2) is 62.3 Å². The van der Waals surface area contributed by atoms with Crippen molar-refractivity contribution in [1.29, 1.82) is 0 Å². The minimum absolute atomic E-state index is 0. The van der Waals surface area contributed by atoms with E-state index in [0.717, 1.165) is 45.7 Å². The fourth-order valence-electron chi connectivity index (χ4n) is 3.94. The van der Waals surface area contributed by atoms with Crippen LogP contribution in [0.25, 0.3) is 0 Å². The summed E-state index contributed by atoms with van der Waals surface area (Å²) >= 11 is 0. The Balaban J connectivity index is 0.00000288. The maximum Gasteiger partial charge on any atom is 0.220 e. The molecule has 3 atom stereocenters. The van der Waals surface area contributed by atoms with Crippen molar-refractivity contribution in [3.8, 4) is 0 Å². The molecule has 1 amide bonds. The predicted molar refractivity (Wildman–Crippen MR) is 108 cm³/mol. The normalized spacial score (nSPS) is 26.2. The van der Waals surface area contributed by atoms with Crippen LogP contribution in [0.1, 0.15) is 46.5 Å². The van der Waals surface area contributed by atoms with Gasteiger partial charge in [0.05, 0.1) is 12.2 Å². The first-order valence-corrected chi connectivity index (χ1v) is 9.40. The van der Waals surface area contributed by atoms with E-state index < -0.39 is 0 Å². The van der Waals surface area contributed by atoms with Crippen molar-refractivity contribution in [3.63, 3.8) is 0 Å². The molecule has 0 spiro atoms. The molecule has 0 radical (unpaired) electrons. The van der Waals surface area contributed by atoms with Crippen molar-refractivity contribution in [2.45, 2.75) is 58.7 Å². The molecule has 5 nitrogen and oxygen atoms in total. The Morgan fingerprint density at radius 3 is 2.40 bits per heavy atom. The number of nitrogens with zero attached hydrogens (tertiary/aromatic N) is 1. The number of hydrogen-bond acceptors (Lipinski definition) is 4. The van der Waals surface area contributed by atoms with E-state index in [9.17, 15) is 4.79 Å². The van der Waals surface area contributed by atoms with E-state index in [1.54, 1.807) is 0 Å². The summed E-state index contributed by atoms with van der Waals surface area (Å²) in [5.41, 5.74) is 0. The quantitative estimate of drug-likeness (QED) is 0.647. The van der Waals surface area contributed by atoms with Gasteiger partial charge in [-0.25, -0.2) is 0 Å². The summed E-state index contributed by atoms with van der Waals surface area (Å²) in [5.74, 6) is 1.43. The molecule has 0 saturated carbocycles. The summed E-state index contributed by atoms with van der Waals surface area (Å²) < 4.78 is 5.75. The molecule has 2 aliphatic heterocycles. The van der Waals surface area contributed by atoms with E-state index in [-0.39, 0.29) is 30.7 Å². The van der Waals surface area contributed by atoms with E-state index in [1.165, 1.54) is 12.8 Å². The lowest BCUT2D eigenvalue weighted by Crippen LogP contribution is -2.46. The van der Waals surface area contributed by atoms with Gasteiger partial charge in [0.2, 0.25) is 5.91 Å². The number of hydrogen-bond donors (Lipinski definition) is 2. The highest BCUT2D eigenvalue weighted by atomic mass is 35.5. The minimum Gasteiger partial charge on any atom is -0.373 e. The Kier molecular flexibility index (Phi) is 13.1. The van der Waals surface area contributed by atoms with Gasteiger partial charge in [-0.05, 0) is 58.0 Å². The molecule has 2 N–H and O–H groups in total. The third kappa shape index (κ3) is 9.43. The average Bonchev–Trinajstić information content (AvgIpc) is 2.51. The van der Waals surface area contributed by atoms with Crippen LogP contribution in [0.15, 0.2) is 0 Å². The van der Waals surface area contributed by atoms with Gasteiger partial charge in [0.1, 0.15) is 0 Å². The molecular weight excluding hydrogens is 361 g/mol. The second-order valence-electron chi connectivity index (χ2n) is 7.49. The van der Waals surface area contributed by atoms with Crippen LogP contribution in [0.4, 0.5) is 0 Å². The number of carbonyl (C=O) groups excluding carboxylic acids is 1. The number of carbonyl (C=O) groups is 1. The summed E-state index contributed by atoms with van der Waals surface area (Å²) in [7, 11) is 0. The SMILES string of the molecule is CC1CN(CCCNC(=O)CC(C)C2CCNCC2)CC(C)O1.Cl.Cl. The van der Waals surface area contributed by atoms with Crippen LogP contribution in [0.2, 0.25) is 0 Å². The van der Waals surface area contributed by atoms with Crippen molar-refractivity contribution in [1.82, 2.24) is 15.5 Å². The monoisotopic (exact) mass is 397 g/mol. The van der Waals surface area contributed by atoms with Crippen molar-refractivity contribution in [2.75, 3.05) is 39.3 Å². The number of ether oxygens (including phenoxy) is 1. The fraction of sp³-hybridized carbons (Fsp3) is 0.944. The first-order valence-electron chi connectivity index (χ1n) is 9.40. The van der Waals surface area contributed by atoms with Gasteiger partial charge < -0.3 is 15.4 Å². The number of amides is 1. The lowest BCUT2D eigenvalue weighted by molar-refractivity contribution is -0.122.